The molecule has 0 bridgehead atoms. The average molecular weight is 281 g/mol. The van der Waals surface area contributed by atoms with Gasteiger partial charge in [0.25, 0.3) is 0 Å². The van der Waals surface area contributed by atoms with Crippen LogP contribution in [-0.4, -0.2) is 24.0 Å². The van der Waals surface area contributed by atoms with Gasteiger partial charge < -0.3 is 10.5 Å². The summed E-state index contributed by atoms with van der Waals surface area (Å²) >= 11 is 0. The number of benzene rings is 1. The summed E-state index contributed by atoms with van der Waals surface area (Å²) in [5.74, 6) is -0.253. The van der Waals surface area contributed by atoms with Gasteiger partial charge >= 0.3 is 5.97 Å². The number of hydrogen-bond acceptors (Lipinski definition) is 4. The number of carbonyl (C=O) groups is 2. The van der Waals surface area contributed by atoms with Crippen LogP contribution in [0.3, 0.4) is 0 Å². The second-order valence-corrected chi connectivity index (χ2v) is 4.89. The molecule has 1 rings (SSSR count). The van der Waals surface area contributed by atoms with E-state index in [1.54, 1.807) is 24.3 Å². The second-order valence-electron chi connectivity index (χ2n) is 4.89. The molecule has 0 aliphatic carbocycles. The molecule has 5 heteroatoms. The first-order valence-corrected chi connectivity index (χ1v) is 6.57. The Kier molecular flexibility index (Phi) is 5.82. The maximum absolute atomic E-state index is 12.9. The lowest BCUT2D eigenvalue weighted by Crippen LogP contribution is -2.50. The van der Waals surface area contributed by atoms with E-state index < -0.39 is 18.0 Å². The fourth-order valence-corrected chi connectivity index (χ4v) is 1.69. The first kappa shape index (κ1) is 16.3. The number of ketones is 1. The van der Waals surface area contributed by atoms with E-state index in [2.05, 4.69) is 0 Å². The third kappa shape index (κ3) is 4.42. The van der Waals surface area contributed by atoms with Gasteiger partial charge in [0, 0.05) is 12.8 Å². The molecule has 4 nitrogen and oxygen atoms in total. The summed E-state index contributed by atoms with van der Waals surface area (Å²) in [5, 5.41) is 0. The average Bonchev–Trinajstić information content (AvgIpc) is 2.41. The maximum Gasteiger partial charge on any atom is 0.311 e. The molecule has 20 heavy (non-hydrogen) atoms. The van der Waals surface area contributed by atoms with E-state index in [4.69, 9.17) is 10.5 Å². The van der Waals surface area contributed by atoms with Crippen molar-refractivity contribution in [3.63, 3.8) is 0 Å². The van der Waals surface area contributed by atoms with Crippen molar-refractivity contribution in [1.29, 1.82) is 0 Å². The van der Waals surface area contributed by atoms with E-state index in [9.17, 15) is 14.0 Å². The summed E-state index contributed by atoms with van der Waals surface area (Å²) in [6.07, 6.45) is 1.20. The number of ether oxygens (including phenoxy) is 1. The highest BCUT2D eigenvalue weighted by Gasteiger charge is 2.30. The van der Waals surface area contributed by atoms with Gasteiger partial charge in [0.1, 0.15) is 18.0 Å². The molecule has 0 fully saturated rings. The highest BCUT2D eigenvalue weighted by atomic mass is 19.1. The van der Waals surface area contributed by atoms with Crippen LogP contribution in [0, 0.1) is 0 Å². The predicted molar refractivity (Wildman–Crippen MR) is 74.3 cm³/mol. The zero-order valence-corrected chi connectivity index (χ0v) is 11.8. The van der Waals surface area contributed by atoms with Crippen molar-refractivity contribution in [2.24, 2.45) is 5.73 Å². The van der Waals surface area contributed by atoms with Crippen molar-refractivity contribution in [2.45, 2.75) is 38.6 Å². The number of nitrogens with two attached hydrogens (primary N) is 1. The third-order valence-corrected chi connectivity index (χ3v) is 3.07. The summed E-state index contributed by atoms with van der Waals surface area (Å²) < 4.78 is 18.0. The lowest BCUT2D eigenvalue weighted by atomic mass is 9.89. The van der Waals surface area contributed by atoms with E-state index >= 15 is 0 Å². The molecule has 1 aromatic carbocycles. The Balaban J connectivity index is 2.72. The van der Waals surface area contributed by atoms with Crippen LogP contribution in [-0.2, 0) is 16.0 Å². The van der Waals surface area contributed by atoms with Gasteiger partial charge in [0.15, 0.2) is 5.78 Å². The van der Waals surface area contributed by atoms with Crippen LogP contribution in [0.5, 0.6) is 5.75 Å². The number of alkyl halides is 1. The summed E-state index contributed by atoms with van der Waals surface area (Å²) in [6, 6.07) is 6.58. The second kappa shape index (κ2) is 7.14. The molecular formula is C15H20FNO3. The Morgan fingerprint density at radius 3 is 2.35 bits per heavy atom. The summed E-state index contributed by atoms with van der Waals surface area (Å²) in [6.45, 7) is 2.26. The largest absolute Gasteiger partial charge is 0.427 e. The van der Waals surface area contributed by atoms with Crippen molar-refractivity contribution >= 4 is 11.8 Å². The lowest BCUT2D eigenvalue weighted by Gasteiger charge is -2.22. The maximum atomic E-state index is 12.9. The minimum Gasteiger partial charge on any atom is -0.427 e. The SMILES string of the molecule is CCCC(=O)Oc1ccc(C[C@](N)(CF)C(C)=O)cc1. The van der Waals surface area contributed by atoms with Gasteiger partial charge in [-0.3, -0.25) is 9.59 Å². The van der Waals surface area contributed by atoms with Crippen LogP contribution in [0.15, 0.2) is 24.3 Å². The van der Waals surface area contributed by atoms with Gasteiger partial charge in [-0.05, 0) is 31.0 Å². The Labute approximate surface area is 118 Å². The van der Waals surface area contributed by atoms with Crippen LogP contribution in [0.4, 0.5) is 4.39 Å². The molecule has 0 amide bonds. The highest BCUT2D eigenvalue weighted by Crippen LogP contribution is 2.18. The topological polar surface area (TPSA) is 69.4 Å². The molecule has 1 atom stereocenters. The van der Waals surface area contributed by atoms with E-state index in [-0.39, 0.29) is 12.4 Å². The molecule has 1 aromatic rings. The van der Waals surface area contributed by atoms with Crippen molar-refractivity contribution in [3.05, 3.63) is 29.8 Å². The van der Waals surface area contributed by atoms with Crippen molar-refractivity contribution < 1.29 is 18.7 Å². The van der Waals surface area contributed by atoms with Crippen LogP contribution in [0.1, 0.15) is 32.3 Å². The number of halogens is 1. The molecule has 0 unspecified atom stereocenters. The molecule has 0 aromatic heterocycles. The smallest absolute Gasteiger partial charge is 0.311 e. The fraction of sp³-hybridized carbons (Fsp3) is 0.467. The quantitative estimate of drug-likeness (QED) is 0.614. The number of carbonyl (C=O) groups excluding carboxylic acids is 2. The van der Waals surface area contributed by atoms with E-state index in [1.807, 2.05) is 6.92 Å². The van der Waals surface area contributed by atoms with Gasteiger partial charge in [-0.15, -0.1) is 0 Å². The number of hydrogen-bond donors (Lipinski definition) is 1. The van der Waals surface area contributed by atoms with Crippen LogP contribution < -0.4 is 10.5 Å². The van der Waals surface area contributed by atoms with E-state index in [0.29, 0.717) is 12.2 Å². The van der Waals surface area contributed by atoms with E-state index in [0.717, 1.165) is 12.0 Å². The summed E-state index contributed by atoms with van der Waals surface area (Å²) in [4.78, 5) is 22.7. The predicted octanol–water partition coefficient (Wildman–Crippen LogP) is 2.19. The molecule has 0 saturated carbocycles. The van der Waals surface area contributed by atoms with Crippen molar-refractivity contribution in [2.75, 3.05) is 6.67 Å². The number of esters is 1. The molecule has 0 aliphatic rings. The minimum atomic E-state index is -1.49. The Morgan fingerprint density at radius 2 is 1.90 bits per heavy atom. The van der Waals surface area contributed by atoms with Crippen LogP contribution in [0.25, 0.3) is 0 Å². The standard InChI is InChI=1S/C15H20FNO3/c1-3-4-14(19)20-13-7-5-12(6-8-13)9-15(17,10-16)11(2)18/h5-8H,3-4,9-10,17H2,1-2H3/t15-/m0/s1. The van der Waals surface area contributed by atoms with Crippen molar-refractivity contribution in [3.8, 4) is 5.75 Å². The van der Waals surface area contributed by atoms with Gasteiger partial charge in [0.05, 0.1) is 0 Å². The lowest BCUT2D eigenvalue weighted by molar-refractivity contribution is -0.134. The van der Waals surface area contributed by atoms with Crippen molar-refractivity contribution in [1.82, 2.24) is 0 Å². The zero-order valence-electron chi connectivity index (χ0n) is 11.8. The Morgan fingerprint density at radius 1 is 1.30 bits per heavy atom. The molecule has 2 N–H and O–H groups in total. The molecule has 0 heterocycles. The molecule has 0 spiro atoms. The zero-order chi connectivity index (χ0) is 15.2. The Bertz CT molecular complexity index is 473. The number of rotatable bonds is 7. The summed E-state index contributed by atoms with van der Waals surface area (Å²) in [5.41, 5.74) is 4.95. The Hall–Kier alpha value is -1.75. The normalized spacial score (nSPS) is 13.6. The highest BCUT2D eigenvalue weighted by molar-refractivity contribution is 5.86. The molecule has 0 aliphatic heterocycles. The van der Waals surface area contributed by atoms with Crippen LogP contribution >= 0.6 is 0 Å². The molecule has 110 valence electrons. The summed E-state index contributed by atoms with van der Waals surface area (Å²) in [7, 11) is 0. The van der Waals surface area contributed by atoms with Crippen LogP contribution in [0.2, 0.25) is 0 Å². The third-order valence-electron chi connectivity index (χ3n) is 3.07. The van der Waals surface area contributed by atoms with Gasteiger partial charge in [-0.1, -0.05) is 19.1 Å². The monoisotopic (exact) mass is 281 g/mol. The molecule has 0 radical (unpaired) electrons. The van der Waals surface area contributed by atoms with Gasteiger partial charge in [-0.2, -0.15) is 0 Å². The van der Waals surface area contributed by atoms with Gasteiger partial charge in [-0.25, -0.2) is 4.39 Å². The fourth-order valence-electron chi connectivity index (χ4n) is 1.69. The molecule has 0 saturated heterocycles. The first-order valence-electron chi connectivity index (χ1n) is 6.57. The van der Waals surface area contributed by atoms with E-state index in [1.165, 1.54) is 6.92 Å². The van der Waals surface area contributed by atoms with Gasteiger partial charge in [0.2, 0.25) is 0 Å². The minimum absolute atomic E-state index is 0.113. The number of Topliss-reactive ketones (excluding diaryl/α,β-unsaturated/α-hetero) is 1. The first-order chi connectivity index (χ1) is 9.41. The molecular weight excluding hydrogens is 261 g/mol.